The third-order valence-electron chi connectivity index (χ3n) is 4.34. The summed E-state index contributed by atoms with van der Waals surface area (Å²) in [4.78, 5) is 0. The molecule has 3 aromatic rings. The Morgan fingerprint density at radius 2 is 1.73 bits per heavy atom. The van der Waals surface area contributed by atoms with Gasteiger partial charge in [-0.1, -0.05) is 6.07 Å². The van der Waals surface area contributed by atoms with Gasteiger partial charge in [-0.3, -0.25) is 0 Å². The van der Waals surface area contributed by atoms with E-state index in [1.807, 2.05) is 32.0 Å². The first-order chi connectivity index (χ1) is 12.2. The second-order valence-corrected chi connectivity index (χ2v) is 6.53. The number of ether oxygens (including phenoxy) is 2. The van der Waals surface area contributed by atoms with Crippen LogP contribution in [-0.4, -0.2) is 34.0 Å². The summed E-state index contributed by atoms with van der Waals surface area (Å²) in [6, 6.07) is 8.87. The molecule has 1 aromatic carbocycles. The van der Waals surface area contributed by atoms with Crippen molar-refractivity contribution in [1.29, 1.82) is 0 Å². The van der Waals surface area contributed by atoms with Crippen molar-refractivity contribution in [3.05, 3.63) is 41.7 Å². The summed E-state index contributed by atoms with van der Waals surface area (Å²) >= 11 is 0. The molecule has 0 fully saturated rings. The summed E-state index contributed by atoms with van der Waals surface area (Å²) < 4.78 is 39.5. The number of alkyl halides is 2. The maximum absolute atomic E-state index is 13.7. The molecule has 0 aliphatic rings. The van der Waals surface area contributed by atoms with Gasteiger partial charge in [0.25, 0.3) is 0 Å². The van der Waals surface area contributed by atoms with Crippen LogP contribution in [0.15, 0.2) is 30.3 Å². The average Bonchev–Trinajstić information content (AvgIpc) is 3.04. The van der Waals surface area contributed by atoms with Crippen molar-refractivity contribution in [2.45, 2.75) is 32.3 Å². The Hall–Kier alpha value is -2.61. The number of halogens is 2. The van der Waals surface area contributed by atoms with Crippen molar-refractivity contribution >= 4 is 5.65 Å². The van der Waals surface area contributed by atoms with E-state index in [4.69, 9.17) is 9.47 Å². The molecule has 2 aromatic heterocycles. The van der Waals surface area contributed by atoms with Gasteiger partial charge in [0.05, 0.1) is 18.4 Å². The largest absolute Gasteiger partial charge is 0.496 e. The van der Waals surface area contributed by atoms with E-state index in [0.29, 0.717) is 17.0 Å². The van der Waals surface area contributed by atoms with Gasteiger partial charge in [-0.05, 0) is 43.7 Å². The second kappa shape index (κ2) is 6.28. The molecule has 138 valence electrons. The van der Waals surface area contributed by atoms with Crippen LogP contribution in [0.2, 0.25) is 0 Å². The summed E-state index contributed by atoms with van der Waals surface area (Å²) in [6.45, 7) is 4.65. The van der Waals surface area contributed by atoms with Gasteiger partial charge in [-0.2, -0.15) is 18.4 Å². The van der Waals surface area contributed by atoms with Crippen molar-refractivity contribution < 1.29 is 18.3 Å². The van der Waals surface area contributed by atoms with Crippen molar-refractivity contribution in [3.8, 4) is 17.0 Å². The first-order valence-electron chi connectivity index (χ1n) is 8.02. The summed E-state index contributed by atoms with van der Waals surface area (Å²) in [6.07, 6.45) is 0. The van der Waals surface area contributed by atoms with Crippen LogP contribution in [0.3, 0.4) is 0 Å². The maximum Gasteiger partial charge on any atom is 0.305 e. The molecule has 0 bridgehead atoms. The first-order valence-corrected chi connectivity index (χ1v) is 8.02. The fraction of sp³-hybridized carbons (Fsp3) is 0.389. The van der Waals surface area contributed by atoms with Crippen LogP contribution < -0.4 is 4.74 Å². The normalized spacial score (nSPS) is 12.6. The van der Waals surface area contributed by atoms with Gasteiger partial charge in [0.1, 0.15) is 5.75 Å². The van der Waals surface area contributed by atoms with Gasteiger partial charge in [-0.15, -0.1) is 10.2 Å². The predicted molar refractivity (Wildman–Crippen MR) is 92.4 cm³/mol. The zero-order valence-corrected chi connectivity index (χ0v) is 15.2. The molecule has 0 N–H and O–H groups in total. The van der Waals surface area contributed by atoms with Crippen LogP contribution in [0.4, 0.5) is 8.78 Å². The number of aromatic nitrogens is 4. The zero-order chi connectivity index (χ0) is 19.1. The summed E-state index contributed by atoms with van der Waals surface area (Å²) in [5, 5.41) is 11.6. The van der Waals surface area contributed by atoms with E-state index in [2.05, 4.69) is 15.3 Å². The molecule has 0 aliphatic heterocycles. The van der Waals surface area contributed by atoms with E-state index in [0.717, 1.165) is 17.0 Å². The molecule has 0 spiro atoms. The van der Waals surface area contributed by atoms with Gasteiger partial charge >= 0.3 is 5.92 Å². The van der Waals surface area contributed by atoms with E-state index < -0.39 is 17.3 Å². The van der Waals surface area contributed by atoms with Gasteiger partial charge in [0.2, 0.25) is 5.82 Å². The molecule has 0 aliphatic carbocycles. The Balaban J connectivity index is 2.14. The molecule has 0 amide bonds. The quantitative estimate of drug-likeness (QED) is 0.691. The molecule has 6 nitrogen and oxygen atoms in total. The van der Waals surface area contributed by atoms with Crippen molar-refractivity contribution in [3.63, 3.8) is 0 Å². The second-order valence-electron chi connectivity index (χ2n) is 6.53. The zero-order valence-electron chi connectivity index (χ0n) is 15.2. The summed E-state index contributed by atoms with van der Waals surface area (Å²) in [7, 11) is 3.18. The molecule has 8 heteroatoms. The molecule has 0 saturated heterocycles. The summed E-state index contributed by atoms with van der Waals surface area (Å²) in [5.74, 6) is -3.09. The van der Waals surface area contributed by atoms with Gasteiger partial charge < -0.3 is 9.47 Å². The third kappa shape index (κ3) is 3.12. The Bertz CT molecular complexity index is 948. The highest BCUT2D eigenvalue weighted by molar-refractivity contribution is 5.68. The number of methoxy groups -OCH3 is 2. The Labute approximate surface area is 149 Å². The SMILES string of the molecule is COc1cc(C(C)(C)OC)ccc1-c1ccc2nnc(C(C)(F)F)n2n1. The molecule has 0 saturated carbocycles. The molecular weight excluding hydrogens is 342 g/mol. The standard InChI is InChI=1S/C18H20F2N4O2/c1-17(2,26-5)11-6-7-12(14(10-11)25-4)13-8-9-15-21-22-16(18(3,19)20)24(15)23-13/h6-10H,1-5H3. The molecule has 26 heavy (non-hydrogen) atoms. The molecule has 0 atom stereocenters. The fourth-order valence-electron chi connectivity index (χ4n) is 2.60. The molecule has 3 rings (SSSR count). The lowest BCUT2D eigenvalue weighted by Gasteiger charge is -2.24. The first kappa shape index (κ1) is 18.2. The van der Waals surface area contributed by atoms with Crippen molar-refractivity contribution in [2.75, 3.05) is 14.2 Å². The van der Waals surface area contributed by atoms with Gasteiger partial charge in [0, 0.05) is 19.6 Å². The minimum Gasteiger partial charge on any atom is -0.496 e. The lowest BCUT2D eigenvalue weighted by atomic mass is 9.95. The highest BCUT2D eigenvalue weighted by atomic mass is 19.3. The lowest BCUT2D eigenvalue weighted by molar-refractivity contribution is 0.00562. The van der Waals surface area contributed by atoms with E-state index in [1.54, 1.807) is 26.4 Å². The van der Waals surface area contributed by atoms with Crippen LogP contribution in [0.25, 0.3) is 16.9 Å². The Morgan fingerprint density at radius 3 is 2.35 bits per heavy atom. The highest BCUT2D eigenvalue weighted by Crippen LogP contribution is 2.34. The Kier molecular flexibility index (Phi) is 4.39. The smallest absolute Gasteiger partial charge is 0.305 e. The summed E-state index contributed by atoms with van der Waals surface area (Å²) in [5.41, 5.74) is 1.83. The number of fused-ring (bicyclic) bond motifs is 1. The number of rotatable bonds is 5. The highest BCUT2D eigenvalue weighted by Gasteiger charge is 2.32. The number of hydrogen-bond donors (Lipinski definition) is 0. The monoisotopic (exact) mass is 362 g/mol. The molecular formula is C18H20F2N4O2. The van der Waals surface area contributed by atoms with Crippen molar-refractivity contribution in [1.82, 2.24) is 19.8 Å². The molecule has 0 unspecified atom stereocenters. The fourth-order valence-corrected chi connectivity index (χ4v) is 2.60. The van der Waals surface area contributed by atoms with Crippen LogP contribution in [-0.2, 0) is 16.3 Å². The van der Waals surface area contributed by atoms with E-state index >= 15 is 0 Å². The van der Waals surface area contributed by atoms with Crippen LogP contribution in [0.1, 0.15) is 32.2 Å². The van der Waals surface area contributed by atoms with Gasteiger partial charge in [-0.25, -0.2) is 0 Å². The van der Waals surface area contributed by atoms with E-state index in [1.165, 1.54) is 0 Å². The molecule has 2 heterocycles. The number of hydrogen-bond acceptors (Lipinski definition) is 5. The molecule has 0 radical (unpaired) electrons. The maximum atomic E-state index is 13.7. The average molecular weight is 362 g/mol. The van der Waals surface area contributed by atoms with Crippen LogP contribution in [0.5, 0.6) is 5.75 Å². The predicted octanol–water partition coefficient (Wildman–Crippen LogP) is 3.79. The van der Waals surface area contributed by atoms with E-state index in [9.17, 15) is 8.78 Å². The van der Waals surface area contributed by atoms with Crippen LogP contribution in [0, 0.1) is 0 Å². The minimum atomic E-state index is -3.15. The number of nitrogens with zero attached hydrogens (tertiary/aromatic N) is 4. The number of benzene rings is 1. The van der Waals surface area contributed by atoms with Crippen LogP contribution >= 0.6 is 0 Å². The lowest BCUT2D eigenvalue weighted by Crippen LogP contribution is -2.19. The van der Waals surface area contributed by atoms with Gasteiger partial charge in [0.15, 0.2) is 5.65 Å². The topological polar surface area (TPSA) is 61.5 Å². The van der Waals surface area contributed by atoms with E-state index in [-0.39, 0.29) is 5.65 Å². The Morgan fingerprint density at radius 1 is 1.00 bits per heavy atom. The minimum absolute atomic E-state index is 0.251. The van der Waals surface area contributed by atoms with Crippen molar-refractivity contribution in [2.24, 2.45) is 0 Å². The third-order valence-corrected chi connectivity index (χ3v) is 4.34.